The Morgan fingerprint density at radius 3 is 2.94 bits per heavy atom. The molecule has 0 aliphatic carbocycles. The molecule has 6 heteroatoms. The van der Waals surface area contributed by atoms with Crippen molar-refractivity contribution in [1.82, 2.24) is 14.9 Å². The van der Waals surface area contributed by atoms with Crippen LogP contribution in [0.2, 0.25) is 0 Å². The third-order valence-electron chi connectivity index (χ3n) is 2.66. The van der Waals surface area contributed by atoms with Crippen LogP contribution in [-0.4, -0.2) is 47.5 Å². The standard InChI is InChI=1S/C10H14N4O2/c1-13-3-2-4-14(6-10(13)16)8-5-9(15)12-7-11-8/h5,7H,2-4,6H2,1H3,(H,11,12,15). The first kappa shape index (κ1) is 10.7. The van der Waals surface area contributed by atoms with Crippen molar-refractivity contribution in [1.29, 1.82) is 0 Å². The predicted molar refractivity (Wildman–Crippen MR) is 59.3 cm³/mol. The molecule has 6 nitrogen and oxygen atoms in total. The summed E-state index contributed by atoms with van der Waals surface area (Å²) in [4.78, 5) is 32.9. The van der Waals surface area contributed by atoms with E-state index >= 15 is 0 Å². The highest BCUT2D eigenvalue weighted by Crippen LogP contribution is 2.10. The van der Waals surface area contributed by atoms with Gasteiger partial charge in [-0.05, 0) is 6.42 Å². The average Bonchev–Trinajstić information content (AvgIpc) is 2.42. The van der Waals surface area contributed by atoms with Crippen LogP contribution in [-0.2, 0) is 4.79 Å². The van der Waals surface area contributed by atoms with Gasteiger partial charge in [0.25, 0.3) is 5.56 Å². The lowest BCUT2D eigenvalue weighted by atomic mass is 10.4. The lowest BCUT2D eigenvalue weighted by Crippen LogP contribution is -2.35. The molecule has 0 spiro atoms. The number of hydrogen-bond donors (Lipinski definition) is 1. The second-order valence-corrected chi connectivity index (χ2v) is 3.86. The third kappa shape index (κ3) is 2.21. The van der Waals surface area contributed by atoms with Crippen molar-refractivity contribution in [3.8, 4) is 0 Å². The SMILES string of the molecule is CN1CCCN(c2cc(=O)[nH]cn2)CC1=O. The summed E-state index contributed by atoms with van der Waals surface area (Å²) >= 11 is 0. The molecule has 0 unspecified atom stereocenters. The van der Waals surface area contributed by atoms with Crippen LogP contribution in [0.4, 0.5) is 5.82 Å². The number of amides is 1. The fraction of sp³-hybridized carbons (Fsp3) is 0.500. The van der Waals surface area contributed by atoms with Gasteiger partial charge in [-0.2, -0.15) is 0 Å². The Kier molecular flexibility index (Phi) is 2.89. The van der Waals surface area contributed by atoms with E-state index in [4.69, 9.17) is 0 Å². The van der Waals surface area contributed by atoms with Crippen LogP contribution in [0.1, 0.15) is 6.42 Å². The number of hydrogen-bond acceptors (Lipinski definition) is 4. The lowest BCUT2D eigenvalue weighted by molar-refractivity contribution is -0.127. The Balaban J connectivity index is 2.21. The molecule has 86 valence electrons. The number of anilines is 1. The summed E-state index contributed by atoms with van der Waals surface area (Å²) in [6.07, 6.45) is 2.24. The van der Waals surface area contributed by atoms with Crippen LogP contribution in [0.3, 0.4) is 0 Å². The summed E-state index contributed by atoms with van der Waals surface area (Å²) in [5.74, 6) is 0.618. The van der Waals surface area contributed by atoms with Crippen molar-refractivity contribution in [3.05, 3.63) is 22.7 Å². The molecular weight excluding hydrogens is 208 g/mol. The maximum Gasteiger partial charge on any atom is 0.252 e. The number of carbonyl (C=O) groups excluding carboxylic acids is 1. The minimum absolute atomic E-state index is 0.0552. The van der Waals surface area contributed by atoms with Gasteiger partial charge in [-0.25, -0.2) is 4.98 Å². The molecule has 0 bridgehead atoms. The molecule has 2 heterocycles. The number of aromatic amines is 1. The summed E-state index contributed by atoms with van der Waals surface area (Å²) in [5, 5.41) is 0. The van der Waals surface area contributed by atoms with E-state index in [1.54, 1.807) is 11.9 Å². The van der Waals surface area contributed by atoms with Crippen molar-refractivity contribution in [2.75, 3.05) is 31.6 Å². The molecule has 1 aliphatic heterocycles. The van der Waals surface area contributed by atoms with E-state index in [-0.39, 0.29) is 18.0 Å². The van der Waals surface area contributed by atoms with E-state index in [0.29, 0.717) is 5.82 Å². The predicted octanol–water partition coefficient (Wildman–Crippen LogP) is -0.562. The Hall–Kier alpha value is -1.85. The highest BCUT2D eigenvalue weighted by Gasteiger charge is 2.19. The first-order valence-electron chi connectivity index (χ1n) is 5.20. The van der Waals surface area contributed by atoms with Gasteiger partial charge >= 0.3 is 0 Å². The van der Waals surface area contributed by atoms with Crippen LogP contribution in [0, 0.1) is 0 Å². The van der Waals surface area contributed by atoms with Crippen molar-refractivity contribution < 1.29 is 4.79 Å². The zero-order valence-corrected chi connectivity index (χ0v) is 9.14. The molecule has 16 heavy (non-hydrogen) atoms. The topological polar surface area (TPSA) is 69.3 Å². The van der Waals surface area contributed by atoms with Crippen molar-refractivity contribution in [3.63, 3.8) is 0 Å². The molecule has 0 saturated carbocycles. The zero-order chi connectivity index (χ0) is 11.5. The summed E-state index contributed by atoms with van der Waals surface area (Å²) in [5.41, 5.74) is -0.199. The van der Waals surface area contributed by atoms with E-state index in [9.17, 15) is 9.59 Å². The number of carbonyl (C=O) groups is 1. The fourth-order valence-electron chi connectivity index (χ4n) is 1.71. The smallest absolute Gasteiger partial charge is 0.252 e. The van der Waals surface area contributed by atoms with Crippen LogP contribution in [0.5, 0.6) is 0 Å². The molecule has 1 aliphatic rings. The minimum atomic E-state index is -0.199. The normalized spacial score (nSPS) is 17.4. The second-order valence-electron chi connectivity index (χ2n) is 3.86. The molecule has 1 amide bonds. The molecule has 1 fully saturated rings. The number of nitrogens with one attached hydrogen (secondary N) is 1. The summed E-state index contributed by atoms with van der Waals surface area (Å²) in [6.45, 7) is 1.78. The summed E-state index contributed by atoms with van der Waals surface area (Å²) in [7, 11) is 1.79. The van der Waals surface area contributed by atoms with Crippen molar-refractivity contribution in [2.45, 2.75) is 6.42 Å². The first-order chi connectivity index (χ1) is 7.66. The summed E-state index contributed by atoms with van der Waals surface area (Å²) < 4.78 is 0. The van der Waals surface area contributed by atoms with Gasteiger partial charge in [0.05, 0.1) is 12.9 Å². The molecule has 2 rings (SSSR count). The molecule has 0 aromatic carbocycles. The molecule has 0 radical (unpaired) electrons. The van der Waals surface area contributed by atoms with E-state index in [1.165, 1.54) is 12.4 Å². The highest BCUT2D eigenvalue weighted by atomic mass is 16.2. The van der Waals surface area contributed by atoms with Crippen LogP contribution in [0.15, 0.2) is 17.2 Å². The number of rotatable bonds is 1. The second kappa shape index (κ2) is 4.34. The fourth-order valence-corrected chi connectivity index (χ4v) is 1.71. The Morgan fingerprint density at radius 2 is 2.19 bits per heavy atom. The molecule has 1 aromatic heterocycles. The van der Waals surface area contributed by atoms with E-state index in [0.717, 1.165) is 19.5 Å². The number of likely N-dealkylation sites (N-methyl/N-ethyl adjacent to an activating group) is 1. The molecular formula is C10H14N4O2. The zero-order valence-electron chi connectivity index (χ0n) is 9.14. The van der Waals surface area contributed by atoms with E-state index < -0.39 is 0 Å². The first-order valence-corrected chi connectivity index (χ1v) is 5.20. The van der Waals surface area contributed by atoms with Gasteiger partial charge in [-0.15, -0.1) is 0 Å². The maximum atomic E-state index is 11.7. The monoisotopic (exact) mass is 222 g/mol. The van der Waals surface area contributed by atoms with Gasteiger partial charge in [-0.1, -0.05) is 0 Å². The van der Waals surface area contributed by atoms with Gasteiger partial charge in [0.1, 0.15) is 5.82 Å². The van der Waals surface area contributed by atoms with Crippen LogP contribution >= 0.6 is 0 Å². The quantitative estimate of drug-likeness (QED) is 0.691. The Morgan fingerprint density at radius 1 is 1.38 bits per heavy atom. The summed E-state index contributed by atoms with van der Waals surface area (Å²) in [6, 6.07) is 1.42. The van der Waals surface area contributed by atoms with Gasteiger partial charge in [0.15, 0.2) is 0 Å². The van der Waals surface area contributed by atoms with Gasteiger partial charge in [-0.3, -0.25) is 9.59 Å². The van der Waals surface area contributed by atoms with Crippen molar-refractivity contribution in [2.24, 2.45) is 0 Å². The molecule has 1 N–H and O–H groups in total. The molecule has 1 saturated heterocycles. The molecule has 0 atom stereocenters. The van der Waals surface area contributed by atoms with Crippen LogP contribution in [0.25, 0.3) is 0 Å². The third-order valence-corrected chi connectivity index (χ3v) is 2.66. The highest BCUT2D eigenvalue weighted by molar-refractivity contribution is 5.81. The number of nitrogens with zero attached hydrogens (tertiary/aromatic N) is 3. The van der Waals surface area contributed by atoms with Gasteiger partial charge in [0, 0.05) is 26.2 Å². The lowest BCUT2D eigenvalue weighted by Gasteiger charge is -2.19. The van der Waals surface area contributed by atoms with E-state index in [1.807, 2.05) is 4.90 Å². The number of aromatic nitrogens is 2. The largest absolute Gasteiger partial charge is 0.347 e. The molecule has 1 aromatic rings. The minimum Gasteiger partial charge on any atom is -0.347 e. The Labute approximate surface area is 92.9 Å². The maximum absolute atomic E-state index is 11.7. The average molecular weight is 222 g/mol. The van der Waals surface area contributed by atoms with Crippen molar-refractivity contribution >= 4 is 11.7 Å². The van der Waals surface area contributed by atoms with Gasteiger partial charge in [0.2, 0.25) is 5.91 Å². The number of H-pyrrole nitrogens is 1. The Bertz CT molecular complexity index is 442. The van der Waals surface area contributed by atoms with Gasteiger partial charge < -0.3 is 14.8 Å². The van der Waals surface area contributed by atoms with Crippen LogP contribution < -0.4 is 10.5 Å². The van der Waals surface area contributed by atoms with E-state index in [2.05, 4.69) is 9.97 Å².